The summed E-state index contributed by atoms with van der Waals surface area (Å²) < 4.78 is 30.2. The van der Waals surface area contributed by atoms with Gasteiger partial charge in [0.1, 0.15) is 0 Å². The highest BCUT2D eigenvalue weighted by atomic mass is 32.2. The lowest BCUT2D eigenvalue weighted by atomic mass is 10.1. The van der Waals surface area contributed by atoms with Crippen molar-refractivity contribution in [1.82, 2.24) is 24.5 Å². The van der Waals surface area contributed by atoms with Crippen molar-refractivity contribution < 1.29 is 8.42 Å². The van der Waals surface area contributed by atoms with Crippen molar-refractivity contribution in [3.05, 3.63) is 71.0 Å². The molecule has 0 amide bonds. The largest absolute Gasteiger partial charge is 0.243 e. The van der Waals surface area contributed by atoms with Gasteiger partial charge in [0.25, 0.3) is 0 Å². The monoisotopic (exact) mass is 397 g/mol. The van der Waals surface area contributed by atoms with E-state index in [2.05, 4.69) is 15.5 Å². The molecule has 1 saturated carbocycles. The van der Waals surface area contributed by atoms with E-state index in [-0.39, 0.29) is 24.0 Å². The summed E-state index contributed by atoms with van der Waals surface area (Å²) >= 11 is 0. The predicted octanol–water partition coefficient (Wildman–Crippen LogP) is 3.02. The molecule has 0 N–H and O–H groups in total. The van der Waals surface area contributed by atoms with Gasteiger partial charge in [-0.2, -0.15) is 4.31 Å². The van der Waals surface area contributed by atoms with Crippen LogP contribution in [0.4, 0.5) is 0 Å². The Morgan fingerprint density at radius 2 is 1.79 bits per heavy atom. The first kappa shape index (κ1) is 18.8. The smallest absolute Gasteiger partial charge is 0.225 e. The first-order valence-corrected chi connectivity index (χ1v) is 10.8. The molecule has 0 atom stereocenters. The lowest BCUT2D eigenvalue weighted by Crippen LogP contribution is -2.31. The molecule has 0 aliphatic heterocycles. The van der Waals surface area contributed by atoms with Gasteiger partial charge in [-0.3, -0.25) is 0 Å². The Balaban J connectivity index is 1.70. The van der Waals surface area contributed by atoms with Crippen LogP contribution in [0.25, 0.3) is 0 Å². The number of aromatic nitrogens is 4. The van der Waals surface area contributed by atoms with E-state index in [0.29, 0.717) is 5.82 Å². The minimum Gasteiger partial charge on any atom is -0.225 e. The number of sulfonamides is 1. The molecule has 1 fully saturated rings. The topological polar surface area (TPSA) is 81.0 Å². The second kappa shape index (κ2) is 7.44. The molecule has 0 unspecified atom stereocenters. The van der Waals surface area contributed by atoms with Gasteiger partial charge < -0.3 is 0 Å². The molecule has 4 rings (SSSR count). The third-order valence-corrected chi connectivity index (χ3v) is 6.88. The van der Waals surface area contributed by atoms with E-state index in [1.165, 1.54) is 4.31 Å². The van der Waals surface area contributed by atoms with E-state index < -0.39 is 10.0 Å². The van der Waals surface area contributed by atoms with E-state index in [1.54, 1.807) is 16.8 Å². The second-order valence-corrected chi connectivity index (χ2v) is 9.21. The fraction of sp³-hybridized carbons (Fsp3) is 0.350. The van der Waals surface area contributed by atoms with Gasteiger partial charge in [0.2, 0.25) is 10.0 Å². The lowest BCUT2D eigenvalue weighted by molar-refractivity contribution is 0.380. The van der Waals surface area contributed by atoms with Gasteiger partial charge in [0.15, 0.2) is 5.82 Å². The summed E-state index contributed by atoms with van der Waals surface area (Å²) in [4.78, 5) is 0.289. The highest BCUT2D eigenvalue weighted by Gasteiger charge is 2.31. The third kappa shape index (κ3) is 3.83. The van der Waals surface area contributed by atoms with Crippen LogP contribution in [-0.4, -0.2) is 32.9 Å². The number of hydrogen-bond acceptors (Lipinski definition) is 5. The van der Waals surface area contributed by atoms with Gasteiger partial charge in [-0.1, -0.05) is 36.4 Å². The molecule has 1 aliphatic carbocycles. The zero-order valence-corrected chi connectivity index (χ0v) is 16.8. The van der Waals surface area contributed by atoms with Crippen molar-refractivity contribution in [2.75, 3.05) is 0 Å². The van der Waals surface area contributed by atoms with Crippen LogP contribution in [0.1, 0.15) is 41.4 Å². The van der Waals surface area contributed by atoms with Crippen LogP contribution >= 0.6 is 0 Å². The highest BCUT2D eigenvalue weighted by Crippen LogP contribution is 2.35. The summed E-state index contributed by atoms with van der Waals surface area (Å²) in [7, 11) is -3.71. The number of hydrogen-bond donors (Lipinski definition) is 0. The van der Waals surface area contributed by atoms with Crippen LogP contribution in [-0.2, 0) is 23.1 Å². The Labute approximate surface area is 165 Å². The first-order valence-electron chi connectivity index (χ1n) is 9.33. The van der Waals surface area contributed by atoms with Crippen LogP contribution in [0.3, 0.4) is 0 Å². The van der Waals surface area contributed by atoms with E-state index >= 15 is 0 Å². The standard InChI is InChI=1S/C20H23N5O2S/c1-15-8-11-19(12-16(15)2)28(26,27)24(13-17-6-4-3-5-7-17)14-20-21-22-23-25(20)18-9-10-18/h3-8,11-12,18H,9-10,13-14H2,1-2H3. The molecule has 8 heteroatoms. The number of nitrogens with zero attached hydrogens (tertiary/aromatic N) is 5. The van der Waals surface area contributed by atoms with Crippen molar-refractivity contribution in [1.29, 1.82) is 0 Å². The highest BCUT2D eigenvalue weighted by molar-refractivity contribution is 7.89. The Bertz CT molecular complexity index is 1070. The summed E-state index contributed by atoms with van der Waals surface area (Å²) in [6.45, 7) is 4.28. The molecule has 146 valence electrons. The molecule has 2 aromatic carbocycles. The van der Waals surface area contributed by atoms with Crippen molar-refractivity contribution in [3.8, 4) is 0 Å². The van der Waals surface area contributed by atoms with E-state index in [4.69, 9.17) is 0 Å². The zero-order chi connectivity index (χ0) is 19.7. The second-order valence-electron chi connectivity index (χ2n) is 7.28. The van der Waals surface area contributed by atoms with Gasteiger partial charge in [0.05, 0.1) is 17.5 Å². The molecule has 0 radical (unpaired) electrons. The van der Waals surface area contributed by atoms with Crippen molar-refractivity contribution >= 4 is 10.0 Å². The maximum Gasteiger partial charge on any atom is 0.243 e. The van der Waals surface area contributed by atoms with Crippen LogP contribution in [0.5, 0.6) is 0 Å². The Hall–Kier alpha value is -2.58. The Kier molecular flexibility index (Phi) is 4.99. The molecule has 0 bridgehead atoms. The number of aryl methyl sites for hydroxylation is 2. The van der Waals surface area contributed by atoms with Gasteiger partial charge >= 0.3 is 0 Å². The van der Waals surface area contributed by atoms with Gasteiger partial charge in [-0.25, -0.2) is 13.1 Å². The number of rotatable bonds is 7. The van der Waals surface area contributed by atoms with Crippen LogP contribution in [0, 0.1) is 13.8 Å². The fourth-order valence-electron chi connectivity index (χ4n) is 3.11. The maximum atomic E-state index is 13.5. The quantitative estimate of drug-likeness (QED) is 0.612. The van der Waals surface area contributed by atoms with Crippen LogP contribution < -0.4 is 0 Å². The Morgan fingerprint density at radius 3 is 2.46 bits per heavy atom. The van der Waals surface area contributed by atoms with Crippen LogP contribution in [0.15, 0.2) is 53.4 Å². The fourth-order valence-corrected chi connectivity index (χ4v) is 4.58. The summed E-state index contributed by atoms with van der Waals surface area (Å²) in [5.41, 5.74) is 2.93. The average molecular weight is 398 g/mol. The molecule has 0 saturated heterocycles. The zero-order valence-electron chi connectivity index (χ0n) is 16.0. The van der Waals surface area contributed by atoms with Gasteiger partial charge in [-0.05, 0) is 65.9 Å². The SMILES string of the molecule is Cc1ccc(S(=O)(=O)N(Cc2ccccc2)Cc2nnnn2C2CC2)cc1C. The first-order chi connectivity index (χ1) is 13.4. The minimum absolute atomic E-state index is 0.133. The molecular weight excluding hydrogens is 374 g/mol. The third-order valence-electron chi connectivity index (χ3n) is 5.09. The summed E-state index contributed by atoms with van der Waals surface area (Å²) in [5.74, 6) is 0.575. The van der Waals surface area contributed by atoms with E-state index in [9.17, 15) is 8.42 Å². The average Bonchev–Trinajstić information content (AvgIpc) is 3.43. The lowest BCUT2D eigenvalue weighted by Gasteiger charge is -2.22. The predicted molar refractivity (Wildman–Crippen MR) is 105 cm³/mol. The van der Waals surface area contributed by atoms with E-state index in [1.807, 2.05) is 50.2 Å². The van der Waals surface area contributed by atoms with Crippen molar-refractivity contribution in [2.45, 2.75) is 50.7 Å². The minimum atomic E-state index is -3.71. The molecule has 1 heterocycles. The normalized spacial score (nSPS) is 14.5. The molecule has 1 aromatic heterocycles. The van der Waals surface area contributed by atoms with Gasteiger partial charge in [-0.15, -0.1) is 5.10 Å². The molecule has 3 aromatic rings. The molecule has 28 heavy (non-hydrogen) atoms. The number of tetrazole rings is 1. The van der Waals surface area contributed by atoms with Crippen molar-refractivity contribution in [3.63, 3.8) is 0 Å². The Morgan fingerprint density at radius 1 is 1.04 bits per heavy atom. The summed E-state index contributed by atoms with van der Waals surface area (Å²) in [6.07, 6.45) is 2.06. The van der Waals surface area contributed by atoms with Crippen molar-refractivity contribution in [2.24, 2.45) is 0 Å². The van der Waals surface area contributed by atoms with Gasteiger partial charge in [0, 0.05) is 6.54 Å². The molecule has 7 nitrogen and oxygen atoms in total. The van der Waals surface area contributed by atoms with E-state index in [0.717, 1.165) is 29.5 Å². The maximum absolute atomic E-state index is 13.5. The summed E-state index contributed by atoms with van der Waals surface area (Å²) in [6, 6.07) is 15.1. The van der Waals surface area contributed by atoms with Crippen LogP contribution in [0.2, 0.25) is 0 Å². The molecular formula is C20H23N5O2S. The number of benzene rings is 2. The molecule has 1 aliphatic rings. The summed E-state index contributed by atoms with van der Waals surface area (Å²) in [5, 5.41) is 11.9. The molecule has 0 spiro atoms.